The molecule has 3 heterocycles. The monoisotopic (exact) mass is 320 g/mol. The topological polar surface area (TPSA) is 64.8 Å². The van der Waals surface area contributed by atoms with Gasteiger partial charge in [-0.25, -0.2) is 0 Å². The Kier molecular flexibility index (Phi) is 3.89. The highest BCUT2D eigenvalue weighted by atomic mass is 16.5. The van der Waals surface area contributed by atoms with Crippen LogP contribution in [0.25, 0.3) is 0 Å². The zero-order valence-electron chi connectivity index (χ0n) is 13.6. The number of likely N-dealkylation sites (tertiary alicyclic amines) is 1. The Morgan fingerprint density at radius 3 is 3.13 bits per heavy atom. The van der Waals surface area contributed by atoms with Crippen LogP contribution in [0, 0.1) is 5.41 Å². The minimum atomic E-state index is -0.0794. The van der Waals surface area contributed by atoms with Gasteiger partial charge in [-0.1, -0.05) is 5.16 Å². The third kappa shape index (κ3) is 2.78. The van der Waals surface area contributed by atoms with E-state index in [2.05, 4.69) is 5.16 Å². The standard InChI is InChI=1S/C17H24N2O4/c1-21-11-17-6-2-8-22-15(17)5-7-19(10-17)16(20)13-9-14(23-18-13)12-3-4-12/h9,12,15H,2-8,10-11H2,1H3. The number of rotatable bonds is 4. The Morgan fingerprint density at radius 2 is 2.35 bits per heavy atom. The van der Waals surface area contributed by atoms with E-state index in [1.807, 2.05) is 11.0 Å². The molecular weight excluding hydrogens is 296 g/mol. The van der Waals surface area contributed by atoms with Crippen molar-refractivity contribution in [2.24, 2.45) is 5.41 Å². The predicted octanol–water partition coefficient (Wildman–Crippen LogP) is 2.21. The summed E-state index contributed by atoms with van der Waals surface area (Å²) in [7, 11) is 1.72. The lowest BCUT2D eigenvalue weighted by Crippen LogP contribution is -2.58. The van der Waals surface area contributed by atoms with Crippen LogP contribution < -0.4 is 0 Å². The molecule has 0 aromatic carbocycles. The second kappa shape index (κ2) is 5.91. The SMILES string of the molecule is COCC12CCCOC1CCN(C(=O)c1cc(C3CC3)on1)C2. The number of hydrogen-bond acceptors (Lipinski definition) is 5. The van der Waals surface area contributed by atoms with E-state index in [1.165, 1.54) is 0 Å². The minimum absolute atomic E-state index is 0.0276. The molecule has 2 saturated heterocycles. The second-order valence-corrected chi connectivity index (χ2v) is 7.16. The van der Waals surface area contributed by atoms with Gasteiger partial charge in [-0.15, -0.1) is 0 Å². The first-order valence-electron chi connectivity index (χ1n) is 8.58. The Labute approximate surface area is 136 Å². The average Bonchev–Trinajstić information content (AvgIpc) is 3.31. The number of hydrogen-bond donors (Lipinski definition) is 0. The van der Waals surface area contributed by atoms with Gasteiger partial charge in [0.2, 0.25) is 0 Å². The molecule has 3 aliphatic rings. The van der Waals surface area contributed by atoms with Crippen molar-refractivity contribution in [3.8, 4) is 0 Å². The summed E-state index contributed by atoms with van der Waals surface area (Å²) < 4.78 is 16.8. The predicted molar refractivity (Wildman–Crippen MR) is 82.3 cm³/mol. The average molecular weight is 320 g/mol. The number of fused-ring (bicyclic) bond motifs is 1. The van der Waals surface area contributed by atoms with Gasteiger partial charge >= 0.3 is 0 Å². The first-order chi connectivity index (χ1) is 11.2. The molecule has 1 saturated carbocycles. The van der Waals surface area contributed by atoms with Crippen LogP contribution in [0.4, 0.5) is 0 Å². The van der Waals surface area contributed by atoms with E-state index in [-0.39, 0.29) is 17.4 Å². The Hall–Kier alpha value is -1.40. The molecule has 23 heavy (non-hydrogen) atoms. The van der Waals surface area contributed by atoms with Gasteiger partial charge in [-0.05, 0) is 32.1 Å². The maximum Gasteiger partial charge on any atom is 0.276 e. The highest BCUT2D eigenvalue weighted by Gasteiger charge is 2.47. The third-order valence-electron chi connectivity index (χ3n) is 5.43. The van der Waals surface area contributed by atoms with Crippen molar-refractivity contribution in [1.82, 2.24) is 10.1 Å². The van der Waals surface area contributed by atoms with Gasteiger partial charge in [0, 0.05) is 44.2 Å². The zero-order chi connectivity index (χ0) is 15.9. The molecule has 0 spiro atoms. The molecule has 126 valence electrons. The van der Waals surface area contributed by atoms with Crippen molar-refractivity contribution in [2.45, 2.75) is 44.1 Å². The number of aromatic nitrogens is 1. The van der Waals surface area contributed by atoms with E-state index in [0.29, 0.717) is 31.3 Å². The lowest BCUT2D eigenvalue weighted by Gasteiger charge is -2.50. The molecule has 2 unspecified atom stereocenters. The van der Waals surface area contributed by atoms with E-state index in [1.54, 1.807) is 7.11 Å². The van der Waals surface area contributed by atoms with Crippen molar-refractivity contribution in [2.75, 3.05) is 33.4 Å². The fourth-order valence-electron chi connectivity index (χ4n) is 4.07. The molecule has 1 amide bonds. The summed E-state index contributed by atoms with van der Waals surface area (Å²) in [5.74, 6) is 1.30. The van der Waals surface area contributed by atoms with Crippen LogP contribution in [0.5, 0.6) is 0 Å². The van der Waals surface area contributed by atoms with Gasteiger partial charge in [-0.2, -0.15) is 0 Å². The highest BCUT2D eigenvalue weighted by Crippen LogP contribution is 2.42. The summed E-state index contributed by atoms with van der Waals surface area (Å²) in [4.78, 5) is 14.7. The molecule has 1 aliphatic carbocycles. The lowest BCUT2D eigenvalue weighted by molar-refractivity contribution is -0.142. The summed E-state index contributed by atoms with van der Waals surface area (Å²) in [6.07, 6.45) is 5.41. The van der Waals surface area contributed by atoms with E-state index < -0.39 is 0 Å². The van der Waals surface area contributed by atoms with Crippen LogP contribution in [-0.4, -0.2) is 55.5 Å². The van der Waals surface area contributed by atoms with Gasteiger partial charge in [0.15, 0.2) is 5.69 Å². The summed E-state index contributed by atoms with van der Waals surface area (Å²) >= 11 is 0. The van der Waals surface area contributed by atoms with Crippen molar-refractivity contribution in [3.63, 3.8) is 0 Å². The van der Waals surface area contributed by atoms with Gasteiger partial charge in [-0.3, -0.25) is 4.79 Å². The largest absolute Gasteiger partial charge is 0.384 e. The number of carbonyl (C=O) groups is 1. The first-order valence-corrected chi connectivity index (χ1v) is 8.58. The van der Waals surface area contributed by atoms with Crippen molar-refractivity contribution in [3.05, 3.63) is 17.5 Å². The smallest absolute Gasteiger partial charge is 0.276 e. The van der Waals surface area contributed by atoms with Crippen LogP contribution in [0.3, 0.4) is 0 Å². The maximum atomic E-state index is 12.8. The van der Waals surface area contributed by atoms with Gasteiger partial charge in [0.25, 0.3) is 5.91 Å². The fraction of sp³-hybridized carbons (Fsp3) is 0.765. The summed E-state index contributed by atoms with van der Waals surface area (Å²) in [5, 5.41) is 4.00. The number of nitrogens with zero attached hydrogens (tertiary/aromatic N) is 2. The number of methoxy groups -OCH3 is 1. The first kappa shape index (κ1) is 15.1. The summed E-state index contributed by atoms with van der Waals surface area (Å²) in [6.45, 7) is 2.84. The van der Waals surface area contributed by atoms with E-state index in [9.17, 15) is 4.79 Å². The van der Waals surface area contributed by atoms with Crippen molar-refractivity contribution < 1.29 is 18.8 Å². The molecule has 3 fully saturated rings. The number of ether oxygens (including phenoxy) is 2. The fourth-order valence-corrected chi connectivity index (χ4v) is 4.07. The second-order valence-electron chi connectivity index (χ2n) is 7.16. The molecule has 0 N–H and O–H groups in total. The van der Waals surface area contributed by atoms with Gasteiger partial charge in [0.1, 0.15) is 5.76 Å². The normalized spacial score (nSPS) is 31.0. The maximum absolute atomic E-state index is 12.8. The van der Waals surface area contributed by atoms with E-state index >= 15 is 0 Å². The Balaban J connectivity index is 1.50. The summed E-state index contributed by atoms with van der Waals surface area (Å²) in [5.41, 5.74) is 0.360. The molecule has 6 nitrogen and oxygen atoms in total. The van der Waals surface area contributed by atoms with Crippen molar-refractivity contribution in [1.29, 1.82) is 0 Å². The number of amides is 1. The molecule has 0 radical (unpaired) electrons. The molecule has 0 bridgehead atoms. The third-order valence-corrected chi connectivity index (χ3v) is 5.43. The molecule has 1 aromatic rings. The molecule has 1 aromatic heterocycles. The summed E-state index contributed by atoms with van der Waals surface area (Å²) in [6, 6.07) is 1.83. The molecule has 2 aliphatic heterocycles. The van der Waals surface area contributed by atoms with E-state index in [4.69, 9.17) is 14.0 Å². The highest BCUT2D eigenvalue weighted by molar-refractivity contribution is 5.92. The molecular formula is C17H24N2O4. The van der Waals surface area contributed by atoms with Crippen LogP contribution in [0.2, 0.25) is 0 Å². The number of carbonyl (C=O) groups excluding carboxylic acids is 1. The van der Waals surface area contributed by atoms with Crippen LogP contribution >= 0.6 is 0 Å². The van der Waals surface area contributed by atoms with E-state index in [0.717, 1.165) is 44.5 Å². The molecule has 2 atom stereocenters. The quantitative estimate of drug-likeness (QED) is 0.851. The number of piperidine rings is 1. The Bertz CT molecular complexity index is 579. The molecule has 4 rings (SSSR count). The Morgan fingerprint density at radius 1 is 1.48 bits per heavy atom. The van der Waals surface area contributed by atoms with Crippen molar-refractivity contribution >= 4 is 5.91 Å². The van der Waals surface area contributed by atoms with Crippen LogP contribution in [0.15, 0.2) is 10.6 Å². The molecule has 6 heteroatoms. The van der Waals surface area contributed by atoms with Gasteiger partial charge < -0.3 is 18.9 Å². The zero-order valence-corrected chi connectivity index (χ0v) is 13.6. The lowest BCUT2D eigenvalue weighted by atomic mass is 9.73. The van der Waals surface area contributed by atoms with Gasteiger partial charge in [0.05, 0.1) is 12.7 Å². The minimum Gasteiger partial charge on any atom is -0.384 e. The van der Waals surface area contributed by atoms with Crippen LogP contribution in [-0.2, 0) is 9.47 Å². The van der Waals surface area contributed by atoms with Crippen LogP contribution in [0.1, 0.15) is 54.3 Å².